The van der Waals surface area contributed by atoms with Crippen LogP contribution in [0.2, 0.25) is 0 Å². The molecule has 1 atom stereocenters. The molecule has 2 N–H and O–H groups in total. The second kappa shape index (κ2) is 6.50. The number of nitrogens with one attached hydrogen (secondary N) is 1. The summed E-state index contributed by atoms with van der Waals surface area (Å²) in [5.74, 6) is -1.40. The fourth-order valence-electron chi connectivity index (χ4n) is 1.70. The van der Waals surface area contributed by atoms with E-state index in [1.165, 1.54) is 32.2 Å². The van der Waals surface area contributed by atoms with E-state index in [2.05, 4.69) is 5.32 Å². The van der Waals surface area contributed by atoms with Crippen molar-refractivity contribution < 1.29 is 24.4 Å². The molecule has 0 saturated carbocycles. The van der Waals surface area contributed by atoms with Gasteiger partial charge in [-0.3, -0.25) is 14.9 Å². The number of nitro benzene ring substituents is 1. The maximum atomic E-state index is 11.1. The Labute approximate surface area is 114 Å². The smallest absolute Gasteiger partial charge is 0.326 e. The summed E-state index contributed by atoms with van der Waals surface area (Å²) in [4.78, 5) is 32.2. The molecule has 1 rings (SSSR count). The molecule has 0 bridgehead atoms. The molecular weight excluding hydrogens is 268 g/mol. The third-order valence-electron chi connectivity index (χ3n) is 2.57. The van der Waals surface area contributed by atoms with E-state index >= 15 is 0 Å². The Morgan fingerprint density at radius 2 is 2.15 bits per heavy atom. The van der Waals surface area contributed by atoms with Gasteiger partial charge in [-0.05, 0) is 6.07 Å². The van der Waals surface area contributed by atoms with Crippen molar-refractivity contribution in [1.29, 1.82) is 0 Å². The maximum absolute atomic E-state index is 11.1. The summed E-state index contributed by atoms with van der Waals surface area (Å²) >= 11 is 0. The van der Waals surface area contributed by atoms with Gasteiger partial charge in [0.1, 0.15) is 11.8 Å². The minimum Gasteiger partial charge on any atom is -0.496 e. The van der Waals surface area contributed by atoms with Crippen LogP contribution in [0.5, 0.6) is 5.75 Å². The molecule has 0 heterocycles. The number of carboxylic acid groups (broad SMARTS) is 1. The third kappa shape index (κ3) is 3.94. The highest BCUT2D eigenvalue weighted by Crippen LogP contribution is 2.25. The van der Waals surface area contributed by atoms with Crippen LogP contribution in [0.25, 0.3) is 0 Å². The number of nitro groups is 1. The predicted molar refractivity (Wildman–Crippen MR) is 68.6 cm³/mol. The molecule has 0 fully saturated rings. The summed E-state index contributed by atoms with van der Waals surface area (Å²) < 4.78 is 5.04. The number of non-ortho nitro benzene ring substituents is 1. The normalized spacial score (nSPS) is 11.5. The number of ether oxygens (including phenoxy) is 1. The number of rotatable bonds is 6. The molecular formula is C12H14N2O6. The van der Waals surface area contributed by atoms with Crippen LogP contribution < -0.4 is 10.1 Å². The summed E-state index contributed by atoms with van der Waals surface area (Å²) in [6.45, 7) is 1.20. The third-order valence-corrected chi connectivity index (χ3v) is 2.57. The van der Waals surface area contributed by atoms with E-state index in [9.17, 15) is 19.7 Å². The monoisotopic (exact) mass is 282 g/mol. The Morgan fingerprint density at radius 3 is 2.60 bits per heavy atom. The number of hydrogen-bond donors (Lipinski definition) is 2. The van der Waals surface area contributed by atoms with Gasteiger partial charge in [-0.25, -0.2) is 4.79 Å². The topological polar surface area (TPSA) is 119 Å². The number of carboxylic acids is 1. The second-order valence-corrected chi connectivity index (χ2v) is 4.05. The Kier molecular flexibility index (Phi) is 5.01. The second-order valence-electron chi connectivity index (χ2n) is 4.05. The van der Waals surface area contributed by atoms with Gasteiger partial charge in [0.05, 0.1) is 12.0 Å². The van der Waals surface area contributed by atoms with E-state index in [0.29, 0.717) is 11.3 Å². The van der Waals surface area contributed by atoms with Crippen molar-refractivity contribution >= 4 is 17.6 Å². The van der Waals surface area contributed by atoms with Crippen LogP contribution in [0, 0.1) is 10.1 Å². The van der Waals surface area contributed by atoms with Crippen LogP contribution in [-0.2, 0) is 16.0 Å². The molecule has 0 aromatic heterocycles. The van der Waals surface area contributed by atoms with Crippen molar-refractivity contribution in [2.45, 2.75) is 19.4 Å². The number of nitrogens with zero attached hydrogens (tertiary/aromatic N) is 1. The zero-order valence-corrected chi connectivity index (χ0v) is 11.0. The lowest BCUT2D eigenvalue weighted by Crippen LogP contribution is -2.41. The fourth-order valence-corrected chi connectivity index (χ4v) is 1.70. The van der Waals surface area contributed by atoms with Crippen molar-refractivity contribution in [2.24, 2.45) is 0 Å². The van der Waals surface area contributed by atoms with Crippen molar-refractivity contribution in [3.63, 3.8) is 0 Å². The van der Waals surface area contributed by atoms with Gasteiger partial charge in [0, 0.05) is 31.0 Å². The largest absolute Gasteiger partial charge is 0.496 e. The van der Waals surface area contributed by atoms with E-state index in [1.807, 2.05) is 0 Å². The molecule has 0 aliphatic rings. The Balaban J connectivity index is 3.09. The number of carbonyl (C=O) groups is 2. The van der Waals surface area contributed by atoms with E-state index in [1.54, 1.807) is 0 Å². The first kappa shape index (κ1) is 15.4. The highest BCUT2D eigenvalue weighted by molar-refractivity contribution is 5.82. The molecule has 0 spiro atoms. The van der Waals surface area contributed by atoms with Crippen LogP contribution in [-0.4, -0.2) is 35.1 Å². The van der Waals surface area contributed by atoms with Gasteiger partial charge < -0.3 is 15.2 Å². The van der Waals surface area contributed by atoms with Gasteiger partial charge in [0.2, 0.25) is 5.91 Å². The van der Waals surface area contributed by atoms with Crippen LogP contribution in [0.3, 0.4) is 0 Å². The molecule has 108 valence electrons. The van der Waals surface area contributed by atoms with Crippen LogP contribution in [0.4, 0.5) is 5.69 Å². The number of aliphatic carboxylic acids is 1. The predicted octanol–water partition coefficient (Wildman–Crippen LogP) is 0.735. The molecule has 8 heteroatoms. The average molecular weight is 282 g/mol. The van der Waals surface area contributed by atoms with E-state index in [0.717, 1.165) is 0 Å². The zero-order chi connectivity index (χ0) is 15.3. The lowest BCUT2D eigenvalue weighted by atomic mass is 10.0. The van der Waals surface area contributed by atoms with Gasteiger partial charge in [-0.1, -0.05) is 0 Å². The molecule has 1 unspecified atom stereocenters. The van der Waals surface area contributed by atoms with Crippen molar-refractivity contribution in [1.82, 2.24) is 5.32 Å². The number of benzene rings is 1. The van der Waals surface area contributed by atoms with E-state index in [4.69, 9.17) is 9.84 Å². The fraction of sp³-hybridized carbons (Fsp3) is 0.333. The number of amides is 1. The molecule has 0 radical (unpaired) electrons. The highest BCUT2D eigenvalue weighted by Gasteiger charge is 2.22. The average Bonchev–Trinajstić information content (AvgIpc) is 2.37. The molecule has 0 aliphatic heterocycles. The number of hydrogen-bond acceptors (Lipinski definition) is 5. The summed E-state index contributed by atoms with van der Waals surface area (Å²) in [6, 6.07) is 2.70. The van der Waals surface area contributed by atoms with E-state index < -0.39 is 22.8 Å². The van der Waals surface area contributed by atoms with E-state index in [-0.39, 0.29) is 12.1 Å². The first-order chi connectivity index (χ1) is 9.35. The van der Waals surface area contributed by atoms with Gasteiger partial charge >= 0.3 is 5.97 Å². The SMILES string of the molecule is COc1ccc([N+](=O)[O-])cc1CC(NC(C)=O)C(=O)O. The summed E-state index contributed by atoms with van der Waals surface area (Å²) in [6.07, 6.45) is -0.111. The Morgan fingerprint density at radius 1 is 1.50 bits per heavy atom. The molecule has 0 saturated heterocycles. The van der Waals surface area contributed by atoms with Gasteiger partial charge in [-0.2, -0.15) is 0 Å². The molecule has 1 aromatic rings. The van der Waals surface area contributed by atoms with Gasteiger partial charge in [0.25, 0.3) is 5.69 Å². The Bertz CT molecular complexity index is 543. The lowest BCUT2D eigenvalue weighted by molar-refractivity contribution is -0.384. The van der Waals surface area contributed by atoms with Gasteiger partial charge in [0.15, 0.2) is 0 Å². The van der Waals surface area contributed by atoms with Crippen LogP contribution in [0.15, 0.2) is 18.2 Å². The zero-order valence-electron chi connectivity index (χ0n) is 11.0. The van der Waals surface area contributed by atoms with Crippen molar-refractivity contribution in [3.8, 4) is 5.75 Å². The summed E-state index contributed by atoms with van der Waals surface area (Å²) in [5, 5.41) is 22.0. The molecule has 1 aromatic carbocycles. The quantitative estimate of drug-likeness (QED) is 0.586. The van der Waals surface area contributed by atoms with Crippen LogP contribution >= 0.6 is 0 Å². The van der Waals surface area contributed by atoms with Crippen molar-refractivity contribution in [2.75, 3.05) is 7.11 Å². The summed E-state index contributed by atoms with van der Waals surface area (Å²) in [5.41, 5.74) is 0.163. The number of carbonyl (C=O) groups excluding carboxylic acids is 1. The minimum absolute atomic E-state index is 0.111. The van der Waals surface area contributed by atoms with Crippen LogP contribution in [0.1, 0.15) is 12.5 Å². The summed E-state index contributed by atoms with van der Waals surface area (Å²) in [7, 11) is 1.37. The molecule has 1 amide bonds. The Hall–Kier alpha value is -2.64. The molecule has 0 aliphatic carbocycles. The standard InChI is InChI=1S/C12H14N2O6/c1-7(15)13-10(12(16)17)6-8-5-9(14(18)19)3-4-11(8)20-2/h3-5,10H,6H2,1-2H3,(H,13,15)(H,16,17). The van der Waals surface area contributed by atoms with Crippen molar-refractivity contribution in [3.05, 3.63) is 33.9 Å². The first-order valence-electron chi connectivity index (χ1n) is 5.66. The maximum Gasteiger partial charge on any atom is 0.326 e. The highest BCUT2D eigenvalue weighted by atomic mass is 16.6. The first-order valence-corrected chi connectivity index (χ1v) is 5.66. The molecule has 8 nitrogen and oxygen atoms in total. The van der Waals surface area contributed by atoms with Gasteiger partial charge in [-0.15, -0.1) is 0 Å². The lowest BCUT2D eigenvalue weighted by Gasteiger charge is -2.15. The number of methoxy groups -OCH3 is 1. The molecule has 20 heavy (non-hydrogen) atoms. The minimum atomic E-state index is -1.23.